The van der Waals surface area contributed by atoms with Gasteiger partial charge in [-0.25, -0.2) is 4.79 Å². The Hall–Kier alpha value is -3.03. The molecule has 1 aliphatic heterocycles. The molecule has 2 aromatic heterocycles. The van der Waals surface area contributed by atoms with E-state index in [1.54, 1.807) is 17.0 Å². The molecule has 11 heteroatoms. The van der Waals surface area contributed by atoms with Crippen molar-refractivity contribution in [2.45, 2.75) is 45.6 Å². The number of halogens is 4. The van der Waals surface area contributed by atoms with Gasteiger partial charge < -0.3 is 14.2 Å². The molecule has 1 saturated heterocycles. The molecule has 1 aliphatic rings. The average Bonchev–Trinajstić information content (AvgIpc) is 3.05. The summed E-state index contributed by atoms with van der Waals surface area (Å²) in [5.74, 6) is 0. The first-order valence-electron chi connectivity index (χ1n) is 11.1. The van der Waals surface area contributed by atoms with E-state index in [0.29, 0.717) is 49.1 Å². The fourth-order valence-electron chi connectivity index (χ4n) is 4.24. The SMILES string of the molecule is CC(C)(C)OC(=O)N1CCN(Cc2ccc3c(c2)c2ncc(C#N)c(Cl)c2n3CC(F)(F)F)CC1. The van der Waals surface area contributed by atoms with E-state index in [0.717, 1.165) is 10.1 Å². The molecule has 0 N–H and O–H groups in total. The number of aromatic nitrogens is 2. The zero-order valence-electron chi connectivity index (χ0n) is 19.6. The van der Waals surface area contributed by atoms with Gasteiger partial charge in [-0.3, -0.25) is 9.88 Å². The molecule has 0 bridgehead atoms. The van der Waals surface area contributed by atoms with Crippen molar-refractivity contribution in [1.82, 2.24) is 19.4 Å². The smallest absolute Gasteiger partial charge is 0.410 e. The van der Waals surface area contributed by atoms with Gasteiger partial charge in [-0.1, -0.05) is 17.7 Å². The van der Waals surface area contributed by atoms with Gasteiger partial charge in [0, 0.05) is 44.3 Å². The molecule has 0 radical (unpaired) electrons. The molecule has 1 aromatic carbocycles. The van der Waals surface area contributed by atoms with E-state index in [9.17, 15) is 23.2 Å². The number of carbonyl (C=O) groups excluding carboxylic acids is 1. The molecule has 0 aliphatic carbocycles. The summed E-state index contributed by atoms with van der Waals surface area (Å²) in [6.45, 7) is 7.13. The van der Waals surface area contributed by atoms with Gasteiger partial charge in [0.1, 0.15) is 18.2 Å². The van der Waals surface area contributed by atoms with Crippen LogP contribution in [0.2, 0.25) is 5.02 Å². The summed E-state index contributed by atoms with van der Waals surface area (Å²) < 4.78 is 46.6. The molecular weight excluding hydrogens is 483 g/mol. The molecule has 0 spiro atoms. The molecule has 0 atom stereocenters. The summed E-state index contributed by atoms with van der Waals surface area (Å²) >= 11 is 6.32. The highest BCUT2D eigenvalue weighted by Gasteiger charge is 2.31. The first kappa shape index (κ1) is 25.1. The van der Waals surface area contributed by atoms with Crippen LogP contribution in [0.4, 0.5) is 18.0 Å². The van der Waals surface area contributed by atoms with Gasteiger partial charge in [0.25, 0.3) is 0 Å². The van der Waals surface area contributed by atoms with Crippen LogP contribution in [0.5, 0.6) is 0 Å². The van der Waals surface area contributed by atoms with E-state index in [1.807, 2.05) is 32.9 Å². The lowest BCUT2D eigenvalue weighted by Crippen LogP contribution is -2.49. The van der Waals surface area contributed by atoms with Gasteiger partial charge in [0.15, 0.2) is 0 Å². The number of ether oxygens (including phenoxy) is 1. The lowest BCUT2D eigenvalue weighted by molar-refractivity contribution is -0.139. The van der Waals surface area contributed by atoms with Crippen molar-refractivity contribution in [3.8, 4) is 6.07 Å². The van der Waals surface area contributed by atoms with Gasteiger partial charge in [-0.2, -0.15) is 18.4 Å². The normalized spacial score (nSPS) is 15.5. The number of alkyl halides is 3. The number of benzene rings is 1. The molecule has 3 aromatic rings. The van der Waals surface area contributed by atoms with Crippen molar-refractivity contribution in [2.24, 2.45) is 0 Å². The third-order valence-electron chi connectivity index (χ3n) is 5.76. The van der Waals surface area contributed by atoms with Crippen molar-refractivity contribution >= 4 is 39.6 Å². The fourth-order valence-corrected chi connectivity index (χ4v) is 4.53. The number of nitrogens with zero attached hydrogens (tertiary/aromatic N) is 5. The Balaban J connectivity index is 1.60. The predicted molar refractivity (Wildman–Crippen MR) is 126 cm³/mol. The quantitative estimate of drug-likeness (QED) is 0.479. The molecule has 7 nitrogen and oxygen atoms in total. The summed E-state index contributed by atoms with van der Waals surface area (Å²) in [5.41, 5.74) is 1.14. The molecule has 3 heterocycles. The number of pyridine rings is 1. The van der Waals surface area contributed by atoms with Crippen LogP contribution >= 0.6 is 11.6 Å². The predicted octanol–water partition coefficient (Wildman–Crippen LogP) is 5.33. The minimum absolute atomic E-state index is 0.0217. The minimum Gasteiger partial charge on any atom is -0.444 e. The number of fused-ring (bicyclic) bond motifs is 3. The second kappa shape index (κ2) is 9.21. The first-order chi connectivity index (χ1) is 16.4. The van der Waals surface area contributed by atoms with E-state index < -0.39 is 18.3 Å². The molecule has 1 fully saturated rings. The average molecular weight is 508 g/mol. The maximum absolute atomic E-state index is 13.4. The van der Waals surface area contributed by atoms with Gasteiger partial charge in [0.05, 0.1) is 27.1 Å². The Morgan fingerprint density at radius 3 is 2.49 bits per heavy atom. The van der Waals surface area contributed by atoms with Gasteiger partial charge in [0.2, 0.25) is 0 Å². The Bertz CT molecular complexity index is 1320. The summed E-state index contributed by atoms with van der Waals surface area (Å²) in [7, 11) is 0. The number of carbonyl (C=O) groups is 1. The maximum Gasteiger partial charge on any atom is 0.410 e. The Labute approximate surface area is 205 Å². The number of nitriles is 1. The third-order valence-corrected chi connectivity index (χ3v) is 6.14. The van der Waals surface area contributed by atoms with Crippen LogP contribution in [0.1, 0.15) is 31.9 Å². The molecule has 0 saturated carbocycles. The lowest BCUT2D eigenvalue weighted by Gasteiger charge is -2.35. The van der Waals surface area contributed by atoms with Crippen LogP contribution in [0.3, 0.4) is 0 Å². The van der Waals surface area contributed by atoms with E-state index in [1.165, 1.54) is 6.20 Å². The molecule has 186 valence electrons. The highest BCUT2D eigenvalue weighted by Crippen LogP contribution is 2.36. The van der Waals surface area contributed by atoms with Crippen LogP contribution < -0.4 is 0 Å². The van der Waals surface area contributed by atoms with Crippen molar-refractivity contribution < 1.29 is 22.7 Å². The van der Waals surface area contributed by atoms with Crippen molar-refractivity contribution in [2.75, 3.05) is 26.2 Å². The maximum atomic E-state index is 13.4. The Kier molecular flexibility index (Phi) is 6.60. The molecule has 1 amide bonds. The molecule has 4 rings (SSSR count). The number of rotatable bonds is 3. The fraction of sp³-hybridized carbons (Fsp3) is 0.458. The van der Waals surface area contributed by atoms with Crippen LogP contribution in [0.25, 0.3) is 21.9 Å². The van der Waals surface area contributed by atoms with Gasteiger partial charge in [-0.05, 0) is 38.5 Å². The Morgan fingerprint density at radius 1 is 1.20 bits per heavy atom. The lowest BCUT2D eigenvalue weighted by atomic mass is 10.1. The van der Waals surface area contributed by atoms with Crippen molar-refractivity contribution in [1.29, 1.82) is 5.26 Å². The highest BCUT2D eigenvalue weighted by molar-refractivity contribution is 6.37. The van der Waals surface area contributed by atoms with Gasteiger partial charge in [-0.15, -0.1) is 0 Å². The van der Waals surface area contributed by atoms with Crippen LogP contribution in [-0.4, -0.2) is 63.4 Å². The number of amides is 1. The number of hydrogen-bond donors (Lipinski definition) is 0. The monoisotopic (exact) mass is 507 g/mol. The summed E-state index contributed by atoms with van der Waals surface area (Å²) in [4.78, 5) is 20.4. The van der Waals surface area contributed by atoms with Crippen LogP contribution in [0.15, 0.2) is 24.4 Å². The second-order valence-electron chi connectivity index (χ2n) is 9.59. The summed E-state index contributed by atoms with van der Waals surface area (Å²) in [5, 5.41) is 9.77. The molecule has 0 unspecified atom stereocenters. The Morgan fingerprint density at radius 2 is 1.89 bits per heavy atom. The van der Waals surface area contributed by atoms with E-state index in [4.69, 9.17) is 16.3 Å². The van der Waals surface area contributed by atoms with Crippen LogP contribution in [-0.2, 0) is 17.8 Å². The van der Waals surface area contributed by atoms with Crippen LogP contribution in [0, 0.1) is 11.3 Å². The van der Waals surface area contributed by atoms with E-state index >= 15 is 0 Å². The first-order valence-corrected chi connectivity index (χ1v) is 11.5. The van der Waals surface area contributed by atoms with Gasteiger partial charge >= 0.3 is 12.3 Å². The highest BCUT2D eigenvalue weighted by atomic mass is 35.5. The standard InChI is InChI=1S/C24H25ClF3N5O2/c1-23(2,3)35-22(34)32-8-6-31(7-9-32)13-15-4-5-18-17(10-15)20-21(33(18)14-24(26,27)28)19(25)16(11-29)12-30-20/h4-5,10,12H,6-9,13-14H2,1-3H3. The summed E-state index contributed by atoms with van der Waals surface area (Å²) in [6.07, 6.45) is -3.53. The summed E-state index contributed by atoms with van der Waals surface area (Å²) in [6, 6.07) is 7.12. The minimum atomic E-state index is -4.47. The molecule has 35 heavy (non-hydrogen) atoms. The largest absolute Gasteiger partial charge is 0.444 e. The number of hydrogen-bond acceptors (Lipinski definition) is 5. The topological polar surface area (TPSA) is 74.4 Å². The van der Waals surface area contributed by atoms with E-state index in [-0.39, 0.29) is 22.2 Å². The third kappa shape index (κ3) is 5.46. The second-order valence-corrected chi connectivity index (χ2v) is 9.97. The molecular formula is C24H25ClF3N5O2. The van der Waals surface area contributed by atoms with Crippen molar-refractivity contribution in [3.05, 3.63) is 40.5 Å². The van der Waals surface area contributed by atoms with E-state index in [2.05, 4.69) is 9.88 Å². The number of piperazine rings is 1. The zero-order chi connectivity index (χ0) is 25.5. The van der Waals surface area contributed by atoms with Crippen molar-refractivity contribution in [3.63, 3.8) is 0 Å². The zero-order valence-corrected chi connectivity index (χ0v) is 20.4.